The Morgan fingerprint density at radius 3 is 2.10 bits per heavy atom. The van der Waals surface area contributed by atoms with Gasteiger partial charge in [-0.1, -0.05) is 35.6 Å². The first-order valence-electron chi connectivity index (χ1n) is 6.55. The van der Waals surface area contributed by atoms with Crippen LogP contribution in [0.3, 0.4) is 0 Å². The summed E-state index contributed by atoms with van der Waals surface area (Å²) in [5.74, 6) is -0.501. The Bertz CT molecular complexity index is 469. The van der Waals surface area contributed by atoms with Gasteiger partial charge < -0.3 is 0 Å². The van der Waals surface area contributed by atoms with Gasteiger partial charge in [-0.2, -0.15) is 4.89 Å². The van der Waals surface area contributed by atoms with Crippen molar-refractivity contribution in [1.82, 2.24) is 0 Å². The van der Waals surface area contributed by atoms with Gasteiger partial charge in [-0.15, -0.1) is 13.2 Å². The lowest BCUT2D eigenvalue weighted by Gasteiger charge is -2.23. The standard InChI is InChI=1S/C16H21O3Si/c1-6-20(7-2,8-3)15-11-9-14(10-12-15)16(17)19-18-13(4)5/h6-7,9-12H,1-2,8H2,3-5H3. The fraction of sp³-hybridized carbons (Fsp3) is 0.250. The van der Waals surface area contributed by atoms with Crippen molar-refractivity contribution in [3.05, 3.63) is 60.5 Å². The molecule has 0 heterocycles. The van der Waals surface area contributed by atoms with Gasteiger partial charge in [0.05, 0.1) is 5.56 Å². The molecular weight excluding hydrogens is 268 g/mol. The molecule has 0 N–H and O–H groups in total. The molecule has 0 aromatic heterocycles. The highest BCUT2D eigenvalue weighted by atomic mass is 28.3. The Labute approximate surface area is 121 Å². The molecule has 1 aromatic rings. The van der Waals surface area contributed by atoms with Crippen molar-refractivity contribution in [3.63, 3.8) is 0 Å². The topological polar surface area (TPSA) is 35.5 Å². The molecule has 1 aromatic carbocycles. The number of rotatable bonds is 7. The van der Waals surface area contributed by atoms with Crippen LogP contribution in [0.15, 0.2) is 48.8 Å². The quantitative estimate of drug-likeness (QED) is 0.438. The lowest BCUT2D eigenvalue weighted by Crippen LogP contribution is -2.43. The average molecular weight is 289 g/mol. The van der Waals surface area contributed by atoms with E-state index in [1.54, 1.807) is 26.0 Å². The second-order valence-electron chi connectivity index (χ2n) is 4.74. The monoisotopic (exact) mass is 289 g/mol. The first-order chi connectivity index (χ1) is 9.49. The van der Waals surface area contributed by atoms with Gasteiger partial charge in [0.2, 0.25) is 0 Å². The molecule has 0 aliphatic heterocycles. The molecule has 1 radical (unpaired) electrons. The van der Waals surface area contributed by atoms with E-state index in [-0.39, 0.29) is 0 Å². The van der Waals surface area contributed by atoms with Gasteiger partial charge in [0.15, 0.2) is 0 Å². The van der Waals surface area contributed by atoms with E-state index in [0.717, 1.165) is 6.04 Å². The summed E-state index contributed by atoms with van der Waals surface area (Å²) in [5.41, 5.74) is 4.47. The molecule has 3 nitrogen and oxygen atoms in total. The van der Waals surface area contributed by atoms with Crippen LogP contribution in [0.25, 0.3) is 0 Å². The fourth-order valence-corrected chi connectivity index (χ4v) is 4.31. The van der Waals surface area contributed by atoms with Crippen molar-refractivity contribution in [2.75, 3.05) is 0 Å². The van der Waals surface area contributed by atoms with Crippen LogP contribution >= 0.6 is 0 Å². The summed E-state index contributed by atoms with van der Waals surface area (Å²) in [6.45, 7) is 13.4. The summed E-state index contributed by atoms with van der Waals surface area (Å²) >= 11 is 0. The molecule has 4 heteroatoms. The largest absolute Gasteiger partial charge is 0.373 e. The first kappa shape index (κ1) is 16.4. The molecule has 0 aliphatic carbocycles. The second-order valence-corrected chi connectivity index (χ2v) is 8.92. The highest BCUT2D eigenvalue weighted by Gasteiger charge is 2.26. The van der Waals surface area contributed by atoms with Crippen molar-refractivity contribution in [3.8, 4) is 0 Å². The zero-order valence-electron chi connectivity index (χ0n) is 12.3. The van der Waals surface area contributed by atoms with E-state index in [1.807, 2.05) is 23.5 Å². The predicted molar refractivity (Wildman–Crippen MR) is 83.8 cm³/mol. The Balaban J connectivity index is 2.91. The maximum atomic E-state index is 11.7. The van der Waals surface area contributed by atoms with Crippen molar-refractivity contribution >= 4 is 19.2 Å². The number of carbonyl (C=O) groups is 1. The normalized spacial score (nSPS) is 11.2. The molecule has 0 spiro atoms. The zero-order chi connectivity index (χ0) is 15.2. The van der Waals surface area contributed by atoms with Gasteiger partial charge in [0.1, 0.15) is 14.2 Å². The van der Waals surface area contributed by atoms with E-state index >= 15 is 0 Å². The van der Waals surface area contributed by atoms with Crippen molar-refractivity contribution in [2.24, 2.45) is 0 Å². The molecule has 0 aliphatic rings. The maximum absolute atomic E-state index is 11.7. The molecule has 107 valence electrons. The molecule has 0 bridgehead atoms. The van der Waals surface area contributed by atoms with Crippen molar-refractivity contribution in [1.29, 1.82) is 0 Å². The van der Waals surface area contributed by atoms with Gasteiger partial charge in [-0.05, 0) is 32.0 Å². The zero-order valence-corrected chi connectivity index (χ0v) is 13.3. The molecular formula is C16H21O3Si. The minimum absolute atomic E-state index is 0.460. The average Bonchev–Trinajstić information content (AvgIpc) is 2.48. The number of benzene rings is 1. The summed E-state index contributed by atoms with van der Waals surface area (Å²) in [4.78, 5) is 21.2. The second kappa shape index (κ2) is 7.22. The highest BCUT2D eigenvalue weighted by molar-refractivity contribution is 6.99. The summed E-state index contributed by atoms with van der Waals surface area (Å²) < 4.78 is 0. The smallest absolute Gasteiger partial charge is 0.292 e. The summed E-state index contributed by atoms with van der Waals surface area (Å²) in [5, 5.41) is 1.18. The Morgan fingerprint density at radius 1 is 1.15 bits per heavy atom. The lowest BCUT2D eigenvalue weighted by atomic mass is 10.2. The summed E-state index contributed by atoms with van der Waals surface area (Å²) in [6, 6.07) is 8.38. The van der Waals surface area contributed by atoms with E-state index in [1.165, 1.54) is 5.19 Å². The van der Waals surface area contributed by atoms with Crippen molar-refractivity contribution in [2.45, 2.75) is 26.8 Å². The van der Waals surface area contributed by atoms with Gasteiger partial charge >= 0.3 is 5.97 Å². The predicted octanol–water partition coefficient (Wildman–Crippen LogP) is 3.47. The Kier molecular flexibility index (Phi) is 5.92. The van der Waals surface area contributed by atoms with Gasteiger partial charge in [0, 0.05) is 0 Å². The highest BCUT2D eigenvalue weighted by Crippen LogP contribution is 2.14. The number of hydrogen-bond donors (Lipinski definition) is 0. The minimum Gasteiger partial charge on any atom is -0.292 e. The van der Waals surface area contributed by atoms with Crippen LogP contribution in [0.2, 0.25) is 6.04 Å². The number of hydrogen-bond acceptors (Lipinski definition) is 3. The van der Waals surface area contributed by atoms with Crippen molar-refractivity contribution < 1.29 is 14.6 Å². The van der Waals surface area contributed by atoms with Gasteiger partial charge in [-0.25, -0.2) is 4.79 Å². The third kappa shape index (κ3) is 3.68. The fourth-order valence-electron chi connectivity index (χ4n) is 1.90. The minimum atomic E-state index is -1.85. The molecule has 0 saturated carbocycles. The summed E-state index contributed by atoms with van der Waals surface area (Å²) in [6.07, 6.45) is 0.575. The van der Waals surface area contributed by atoms with Crippen LogP contribution < -0.4 is 5.19 Å². The molecule has 0 atom stereocenters. The molecule has 0 fully saturated rings. The third-order valence-corrected chi connectivity index (χ3v) is 7.29. The number of carbonyl (C=O) groups excluding carboxylic acids is 1. The van der Waals surface area contributed by atoms with Crippen LogP contribution in [0.1, 0.15) is 31.1 Å². The first-order valence-corrected chi connectivity index (χ1v) is 8.92. The Hall–Kier alpha value is -1.65. The molecule has 20 heavy (non-hydrogen) atoms. The van der Waals surface area contributed by atoms with Crippen LogP contribution in [-0.4, -0.2) is 14.0 Å². The summed E-state index contributed by atoms with van der Waals surface area (Å²) in [7, 11) is -1.85. The maximum Gasteiger partial charge on any atom is 0.373 e. The molecule has 1 rings (SSSR count). The van der Waals surface area contributed by atoms with E-state index in [9.17, 15) is 4.79 Å². The SMILES string of the molecule is C=C[Si](C=C)(CC)c1ccc(C(=O)OO[C](C)C)cc1. The van der Waals surface area contributed by atoms with E-state index in [2.05, 4.69) is 25.0 Å². The lowest BCUT2D eigenvalue weighted by molar-refractivity contribution is -0.229. The molecule has 0 saturated heterocycles. The Morgan fingerprint density at radius 2 is 1.70 bits per heavy atom. The molecule has 0 unspecified atom stereocenters. The van der Waals surface area contributed by atoms with E-state index in [0.29, 0.717) is 11.7 Å². The third-order valence-electron chi connectivity index (χ3n) is 3.26. The van der Waals surface area contributed by atoms with Gasteiger partial charge in [-0.3, -0.25) is 4.89 Å². The van der Waals surface area contributed by atoms with E-state index in [4.69, 9.17) is 4.89 Å². The molecule has 0 amide bonds. The van der Waals surface area contributed by atoms with Crippen LogP contribution in [-0.2, 0) is 9.78 Å². The van der Waals surface area contributed by atoms with E-state index < -0.39 is 14.0 Å². The van der Waals surface area contributed by atoms with Gasteiger partial charge in [0.25, 0.3) is 0 Å². The van der Waals surface area contributed by atoms with Crippen LogP contribution in [0.4, 0.5) is 0 Å². The van der Waals surface area contributed by atoms with Crippen LogP contribution in [0.5, 0.6) is 0 Å². The van der Waals surface area contributed by atoms with Crippen LogP contribution in [0, 0.1) is 6.10 Å².